The Balaban J connectivity index is 1.89. The van der Waals surface area contributed by atoms with Crippen molar-refractivity contribution < 1.29 is 19.1 Å². The summed E-state index contributed by atoms with van der Waals surface area (Å²) in [5.41, 5.74) is 3.22. The van der Waals surface area contributed by atoms with E-state index in [1.807, 2.05) is 13.0 Å². The number of carbonyl (C=O) groups excluding carboxylic acids is 2. The van der Waals surface area contributed by atoms with Gasteiger partial charge in [-0.2, -0.15) is 0 Å². The van der Waals surface area contributed by atoms with E-state index in [1.165, 1.54) is 18.3 Å². The largest absolute Gasteiger partial charge is 0.389 e. The van der Waals surface area contributed by atoms with Gasteiger partial charge in [0.1, 0.15) is 5.82 Å². The summed E-state index contributed by atoms with van der Waals surface area (Å²) in [4.78, 5) is 24.7. The monoisotopic (exact) mass is 368 g/mol. The number of nitrogens with one attached hydrogen (secondary N) is 2. The maximum absolute atomic E-state index is 13.2. The van der Waals surface area contributed by atoms with E-state index in [2.05, 4.69) is 10.6 Å². The van der Waals surface area contributed by atoms with Gasteiger partial charge in [0, 0.05) is 29.8 Å². The van der Waals surface area contributed by atoms with Gasteiger partial charge in [0.25, 0.3) is 5.91 Å². The van der Waals surface area contributed by atoms with Crippen molar-refractivity contribution in [2.45, 2.75) is 32.3 Å². The molecule has 2 amide bonds. The van der Waals surface area contributed by atoms with E-state index in [-0.39, 0.29) is 24.1 Å². The Labute approximate surface area is 156 Å². The summed E-state index contributed by atoms with van der Waals surface area (Å²) in [5, 5.41) is 15.2. The van der Waals surface area contributed by atoms with Crippen LogP contribution in [0.15, 0.2) is 54.2 Å². The second-order valence-corrected chi connectivity index (χ2v) is 6.68. The van der Waals surface area contributed by atoms with E-state index >= 15 is 0 Å². The van der Waals surface area contributed by atoms with Crippen LogP contribution in [-0.4, -0.2) is 16.9 Å². The Hall–Kier alpha value is -2.99. The number of aliphatic hydroxyl groups is 1. The maximum atomic E-state index is 13.2. The number of rotatable bonds is 4. The van der Waals surface area contributed by atoms with Gasteiger partial charge in [-0.3, -0.25) is 9.59 Å². The molecule has 3 rings (SSSR count). The number of aliphatic hydroxyl groups excluding tert-OH is 1. The third kappa shape index (κ3) is 4.23. The number of benzene rings is 2. The number of halogens is 1. The molecule has 27 heavy (non-hydrogen) atoms. The van der Waals surface area contributed by atoms with Crippen molar-refractivity contribution in [2.75, 3.05) is 5.32 Å². The lowest BCUT2D eigenvalue weighted by molar-refractivity contribution is -0.121. The molecule has 2 aromatic rings. The van der Waals surface area contributed by atoms with Gasteiger partial charge >= 0.3 is 0 Å². The molecule has 0 radical (unpaired) electrons. The van der Waals surface area contributed by atoms with Crippen molar-refractivity contribution in [2.24, 2.45) is 0 Å². The minimum Gasteiger partial charge on any atom is -0.389 e. The predicted molar refractivity (Wildman–Crippen MR) is 100 cm³/mol. The summed E-state index contributed by atoms with van der Waals surface area (Å²) in [7, 11) is 0. The lowest BCUT2D eigenvalue weighted by Crippen LogP contribution is -2.32. The molecule has 0 saturated carbocycles. The molecule has 140 valence electrons. The predicted octanol–water partition coefficient (Wildman–Crippen LogP) is 3.31. The minimum atomic E-state index is -0.651. The molecular formula is C21H21FN2O3. The normalized spacial score (nSPS) is 17.7. The van der Waals surface area contributed by atoms with E-state index in [0.29, 0.717) is 22.4 Å². The molecule has 0 aliphatic carbocycles. The van der Waals surface area contributed by atoms with Crippen LogP contribution in [0.25, 0.3) is 0 Å². The highest BCUT2D eigenvalue weighted by atomic mass is 19.1. The average molecular weight is 368 g/mol. The van der Waals surface area contributed by atoms with Crippen molar-refractivity contribution in [3.8, 4) is 0 Å². The van der Waals surface area contributed by atoms with Crippen molar-refractivity contribution in [1.82, 2.24) is 5.32 Å². The molecule has 2 aromatic carbocycles. The molecule has 1 heterocycles. The fourth-order valence-corrected chi connectivity index (χ4v) is 3.06. The van der Waals surface area contributed by atoms with E-state index in [1.54, 1.807) is 31.2 Å². The number of hydrogen-bond donors (Lipinski definition) is 3. The van der Waals surface area contributed by atoms with Crippen LogP contribution in [0.5, 0.6) is 0 Å². The van der Waals surface area contributed by atoms with Crippen LogP contribution in [0.3, 0.4) is 0 Å². The lowest BCUT2D eigenvalue weighted by Gasteiger charge is -2.24. The first-order valence-electron chi connectivity index (χ1n) is 8.70. The summed E-state index contributed by atoms with van der Waals surface area (Å²) < 4.78 is 13.2. The van der Waals surface area contributed by atoms with Gasteiger partial charge < -0.3 is 15.7 Å². The van der Waals surface area contributed by atoms with Crippen molar-refractivity contribution in [1.29, 1.82) is 0 Å². The molecule has 0 saturated heterocycles. The van der Waals surface area contributed by atoms with Gasteiger partial charge in [-0.1, -0.05) is 24.3 Å². The molecule has 2 atom stereocenters. The number of anilines is 1. The molecule has 0 bridgehead atoms. The molecule has 3 N–H and O–H groups in total. The highest BCUT2D eigenvalue weighted by Gasteiger charge is 2.29. The van der Waals surface area contributed by atoms with Crippen LogP contribution in [0.1, 0.15) is 42.1 Å². The molecule has 1 aliphatic rings. The first kappa shape index (κ1) is 18.8. The maximum Gasteiger partial charge on any atom is 0.253 e. The first-order valence-corrected chi connectivity index (χ1v) is 8.70. The Morgan fingerprint density at radius 1 is 1.26 bits per heavy atom. The lowest BCUT2D eigenvalue weighted by atomic mass is 9.86. The quantitative estimate of drug-likeness (QED) is 0.775. The van der Waals surface area contributed by atoms with Gasteiger partial charge in [0.05, 0.1) is 6.10 Å². The van der Waals surface area contributed by atoms with E-state index in [4.69, 9.17) is 0 Å². The Morgan fingerprint density at radius 2 is 1.96 bits per heavy atom. The van der Waals surface area contributed by atoms with Crippen molar-refractivity contribution in [3.63, 3.8) is 0 Å². The number of aryl methyl sites for hydroxylation is 1. The summed E-state index contributed by atoms with van der Waals surface area (Å²) in [6, 6.07) is 11.1. The van der Waals surface area contributed by atoms with Crippen LogP contribution < -0.4 is 10.6 Å². The van der Waals surface area contributed by atoms with Crippen LogP contribution in [0.2, 0.25) is 0 Å². The zero-order chi connectivity index (χ0) is 19.6. The van der Waals surface area contributed by atoms with Gasteiger partial charge in [-0.25, -0.2) is 4.39 Å². The smallest absolute Gasteiger partial charge is 0.253 e. The van der Waals surface area contributed by atoms with Gasteiger partial charge in [0.15, 0.2) is 0 Å². The second kappa shape index (κ2) is 7.72. The highest BCUT2D eigenvalue weighted by molar-refractivity contribution is 6.06. The number of carbonyl (C=O) groups is 2. The van der Waals surface area contributed by atoms with Crippen molar-refractivity contribution >= 4 is 17.5 Å². The van der Waals surface area contributed by atoms with Gasteiger partial charge in [-0.15, -0.1) is 0 Å². The molecule has 5 nitrogen and oxygen atoms in total. The molecule has 1 aliphatic heterocycles. The summed E-state index contributed by atoms with van der Waals surface area (Å²) in [6.45, 7) is 3.51. The van der Waals surface area contributed by atoms with Crippen LogP contribution in [0.4, 0.5) is 10.1 Å². The van der Waals surface area contributed by atoms with Crippen molar-refractivity contribution in [3.05, 3.63) is 76.7 Å². The average Bonchev–Trinajstić information content (AvgIpc) is 2.63. The van der Waals surface area contributed by atoms with E-state index in [0.717, 1.165) is 5.56 Å². The number of hydrogen-bond acceptors (Lipinski definition) is 3. The van der Waals surface area contributed by atoms with Gasteiger partial charge in [-0.05, 0) is 48.7 Å². The van der Waals surface area contributed by atoms with Crippen LogP contribution in [0, 0.1) is 12.7 Å². The molecule has 6 heteroatoms. The molecule has 0 spiro atoms. The third-order valence-corrected chi connectivity index (χ3v) is 4.68. The fourth-order valence-electron chi connectivity index (χ4n) is 3.06. The summed E-state index contributed by atoms with van der Waals surface area (Å²) >= 11 is 0. The van der Waals surface area contributed by atoms with E-state index < -0.39 is 12.0 Å². The molecule has 0 aromatic heterocycles. The Kier molecular flexibility index (Phi) is 5.37. The second-order valence-electron chi connectivity index (χ2n) is 6.68. The number of amides is 2. The zero-order valence-electron chi connectivity index (χ0n) is 15.1. The SMILES string of the molecule is Cc1ccc(C(C)O)cc1NC(=O)C1=CNC(=O)CC1c1ccc(F)cc1. The first-order chi connectivity index (χ1) is 12.8. The van der Waals surface area contributed by atoms with Crippen LogP contribution in [-0.2, 0) is 9.59 Å². The third-order valence-electron chi connectivity index (χ3n) is 4.68. The van der Waals surface area contributed by atoms with Crippen LogP contribution >= 0.6 is 0 Å². The summed E-state index contributed by atoms with van der Waals surface area (Å²) in [6.07, 6.45) is 0.863. The fraction of sp³-hybridized carbons (Fsp3) is 0.238. The topological polar surface area (TPSA) is 78.4 Å². The molecular weight excluding hydrogens is 347 g/mol. The standard InChI is InChI=1S/C21H21FN2O3/c1-12-3-4-15(13(2)25)9-19(12)24-21(27)18-11-23-20(26)10-17(18)14-5-7-16(22)8-6-14/h3-9,11,13,17,25H,10H2,1-2H3,(H,23,26)(H,24,27). The van der Waals surface area contributed by atoms with Gasteiger partial charge in [0.2, 0.25) is 5.91 Å². The molecule has 2 unspecified atom stereocenters. The minimum absolute atomic E-state index is 0.109. The Bertz CT molecular complexity index is 904. The van der Waals surface area contributed by atoms with E-state index in [9.17, 15) is 19.1 Å². The zero-order valence-corrected chi connectivity index (χ0v) is 15.1. The highest BCUT2D eigenvalue weighted by Crippen LogP contribution is 2.31. The Morgan fingerprint density at radius 3 is 2.63 bits per heavy atom. The molecule has 0 fully saturated rings. The summed E-state index contributed by atoms with van der Waals surface area (Å²) in [5.74, 6) is -1.39.